The van der Waals surface area contributed by atoms with Gasteiger partial charge in [0, 0.05) is 13.1 Å². The van der Waals surface area contributed by atoms with Crippen LogP contribution in [0.3, 0.4) is 0 Å². The SMILES string of the molecule is Cl.Cl.O=C(CNCC1CC1)Nc1ccc(N2CCOCC2)cn1. The van der Waals surface area contributed by atoms with E-state index in [2.05, 4.69) is 20.5 Å². The third-order valence-corrected chi connectivity index (χ3v) is 3.81. The fourth-order valence-electron chi connectivity index (χ4n) is 2.37. The number of pyridine rings is 1. The summed E-state index contributed by atoms with van der Waals surface area (Å²) >= 11 is 0. The van der Waals surface area contributed by atoms with E-state index in [0.717, 1.165) is 44.5 Å². The maximum Gasteiger partial charge on any atom is 0.239 e. The first-order valence-electron chi connectivity index (χ1n) is 7.60. The van der Waals surface area contributed by atoms with Gasteiger partial charge in [-0.1, -0.05) is 0 Å². The molecule has 3 rings (SSSR count). The summed E-state index contributed by atoms with van der Waals surface area (Å²) in [4.78, 5) is 18.3. The molecule has 0 bridgehead atoms. The van der Waals surface area contributed by atoms with E-state index in [4.69, 9.17) is 4.74 Å². The first-order valence-corrected chi connectivity index (χ1v) is 7.60. The molecule has 130 valence electrons. The number of carbonyl (C=O) groups is 1. The summed E-state index contributed by atoms with van der Waals surface area (Å²) in [5.74, 6) is 1.34. The van der Waals surface area contributed by atoms with Crippen molar-refractivity contribution in [3.8, 4) is 0 Å². The van der Waals surface area contributed by atoms with Crippen LogP contribution in [-0.2, 0) is 9.53 Å². The lowest BCUT2D eigenvalue weighted by Crippen LogP contribution is -2.36. The molecule has 1 amide bonds. The molecular formula is C15H24Cl2N4O2. The Bertz CT molecular complexity index is 477. The largest absolute Gasteiger partial charge is 0.378 e. The molecule has 0 unspecified atom stereocenters. The Labute approximate surface area is 149 Å². The van der Waals surface area contributed by atoms with Crippen molar-refractivity contribution in [3.05, 3.63) is 18.3 Å². The number of rotatable bonds is 6. The molecule has 2 heterocycles. The highest BCUT2D eigenvalue weighted by Gasteiger charge is 2.20. The monoisotopic (exact) mass is 362 g/mol. The van der Waals surface area contributed by atoms with Crippen LogP contribution in [0, 0.1) is 5.92 Å². The van der Waals surface area contributed by atoms with Gasteiger partial charge in [0.15, 0.2) is 0 Å². The topological polar surface area (TPSA) is 66.5 Å². The number of amides is 1. The lowest BCUT2D eigenvalue weighted by atomic mass is 10.3. The van der Waals surface area contributed by atoms with Crippen LogP contribution < -0.4 is 15.5 Å². The van der Waals surface area contributed by atoms with Crippen molar-refractivity contribution < 1.29 is 9.53 Å². The van der Waals surface area contributed by atoms with E-state index in [-0.39, 0.29) is 30.7 Å². The number of aromatic nitrogens is 1. The molecule has 1 saturated carbocycles. The minimum absolute atomic E-state index is 0. The number of hydrogen-bond acceptors (Lipinski definition) is 5. The van der Waals surface area contributed by atoms with Gasteiger partial charge in [0.25, 0.3) is 0 Å². The molecule has 1 aliphatic carbocycles. The summed E-state index contributed by atoms with van der Waals surface area (Å²) in [5, 5.41) is 5.98. The lowest BCUT2D eigenvalue weighted by molar-refractivity contribution is -0.115. The summed E-state index contributed by atoms with van der Waals surface area (Å²) in [5.41, 5.74) is 1.07. The lowest BCUT2D eigenvalue weighted by Gasteiger charge is -2.28. The Morgan fingerprint density at radius 3 is 2.61 bits per heavy atom. The molecule has 1 aromatic heterocycles. The number of nitrogens with zero attached hydrogens (tertiary/aromatic N) is 2. The highest BCUT2D eigenvalue weighted by atomic mass is 35.5. The molecular weight excluding hydrogens is 339 g/mol. The fourth-order valence-corrected chi connectivity index (χ4v) is 2.37. The number of carbonyl (C=O) groups excluding carboxylic acids is 1. The Morgan fingerprint density at radius 2 is 2.00 bits per heavy atom. The third-order valence-electron chi connectivity index (χ3n) is 3.81. The number of anilines is 2. The molecule has 23 heavy (non-hydrogen) atoms. The van der Waals surface area contributed by atoms with Crippen LogP contribution in [0.15, 0.2) is 18.3 Å². The highest BCUT2D eigenvalue weighted by molar-refractivity contribution is 5.91. The summed E-state index contributed by atoms with van der Waals surface area (Å²) in [7, 11) is 0. The van der Waals surface area contributed by atoms with Crippen LogP contribution in [0.5, 0.6) is 0 Å². The van der Waals surface area contributed by atoms with Gasteiger partial charge in [0.2, 0.25) is 5.91 Å². The zero-order valence-electron chi connectivity index (χ0n) is 13.0. The van der Waals surface area contributed by atoms with Crippen LogP contribution in [0.1, 0.15) is 12.8 Å². The Morgan fingerprint density at radius 1 is 1.26 bits per heavy atom. The third kappa shape index (κ3) is 6.51. The number of morpholine rings is 1. The quantitative estimate of drug-likeness (QED) is 0.806. The second kappa shape index (κ2) is 9.93. The zero-order valence-corrected chi connectivity index (χ0v) is 14.6. The van der Waals surface area contributed by atoms with Crippen LogP contribution in [0.25, 0.3) is 0 Å². The average Bonchev–Trinajstić information content (AvgIpc) is 3.33. The molecule has 1 aromatic rings. The molecule has 2 fully saturated rings. The normalized spacial score (nSPS) is 17.0. The summed E-state index contributed by atoms with van der Waals surface area (Å²) < 4.78 is 5.33. The molecule has 0 radical (unpaired) electrons. The summed E-state index contributed by atoms with van der Waals surface area (Å²) in [6.45, 7) is 4.58. The van der Waals surface area contributed by atoms with Crippen molar-refractivity contribution in [1.29, 1.82) is 0 Å². The highest BCUT2D eigenvalue weighted by Crippen LogP contribution is 2.27. The van der Waals surface area contributed by atoms with Gasteiger partial charge in [-0.2, -0.15) is 0 Å². The van der Waals surface area contributed by atoms with Crippen LogP contribution in [0.2, 0.25) is 0 Å². The van der Waals surface area contributed by atoms with Gasteiger partial charge in [-0.3, -0.25) is 4.79 Å². The van der Waals surface area contributed by atoms with Gasteiger partial charge < -0.3 is 20.3 Å². The summed E-state index contributed by atoms with van der Waals surface area (Å²) in [6, 6.07) is 3.84. The van der Waals surface area contributed by atoms with E-state index in [1.807, 2.05) is 12.1 Å². The van der Waals surface area contributed by atoms with Crippen LogP contribution in [0.4, 0.5) is 11.5 Å². The van der Waals surface area contributed by atoms with E-state index in [1.165, 1.54) is 12.8 Å². The standard InChI is InChI=1S/C15H22N4O2.2ClH/c20-15(11-16-9-12-1-2-12)18-14-4-3-13(10-17-14)19-5-7-21-8-6-19;;/h3-4,10,12,16H,1-2,5-9,11H2,(H,17,18,20);2*1H. The average molecular weight is 363 g/mol. The molecule has 1 aliphatic heterocycles. The van der Waals surface area contributed by atoms with E-state index >= 15 is 0 Å². The number of halogens is 2. The minimum atomic E-state index is -0.0396. The smallest absolute Gasteiger partial charge is 0.239 e. The van der Waals surface area contributed by atoms with Crippen molar-refractivity contribution in [2.75, 3.05) is 49.6 Å². The van der Waals surface area contributed by atoms with Crippen molar-refractivity contribution in [2.45, 2.75) is 12.8 Å². The van der Waals surface area contributed by atoms with E-state index in [0.29, 0.717) is 12.4 Å². The second-order valence-corrected chi connectivity index (χ2v) is 5.62. The predicted molar refractivity (Wildman–Crippen MR) is 96.0 cm³/mol. The number of nitrogens with one attached hydrogen (secondary N) is 2. The van der Waals surface area contributed by atoms with E-state index in [9.17, 15) is 4.79 Å². The number of ether oxygens (including phenoxy) is 1. The molecule has 2 aliphatic rings. The van der Waals surface area contributed by atoms with Crippen molar-refractivity contribution >= 4 is 42.2 Å². The van der Waals surface area contributed by atoms with Gasteiger partial charge in [0.05, 0.1) is 31.6 Å². The van der Waals surface area contributed by atoms with Gasteiger partial charge in [-0.15, -0.1) is 24.8 Å². The maximum absolute atomic E-state index is 11.8. The van der Waals surface area contributed by atoms with Crippen molar-refractivity contribution in [3.63, 3.8) is 0 Å². The first kappa shape index (κ1) is 20.0. The van der Waals surface area contributed by atoms with Gasteiger partial charge >= 0.3 is 0 Å². The molecule has 2 N–H and O–H groups in total. The Balaban J connectivity index is 0.00000132. The zero-order chi connectivity index (χ0) is 14.5. The maximum atomic E-state index is 11.8. The fraction of sp³-hybridized carbons (Fsp3) is 0.600. The van der Waals surface area contributed by atoms with E-state index < -0.39 is 0 Å². The van der Waals surface area contributed by atoms with Crippen LogP contribution >= 0.6 is 24.8 Å². The molecule has 0 atom stereocenters. The second-order valence-electron chi connectivity index (χ2n) is 5.62. The summed E-state index contributed by atoms with van der Waals surface area (Å²) in [6.07, 6.45) is 4.39. The minimum Gasteiger partial charge on any atom is -0.378 e. The molecule has 8 heteroatoms. The molecule has 1 saturated heterocycles. The van der Waals surface area contributed by atoms with Crippen LogP contribution in [-0.4, -0.2) is 50.3 Å². The van der Waals surface area contributed by atoms with Crippen molar-refractivity contribution in [1.82, 2.24) is 10.3 Å². The van der Waals surface area contributed by atoms with E-state index in [1.54, 1.807) is 6.20 Å². The van der Waals surface area contributed by atoms with Crippen molar-refractivity contribution in [2.24, 2.45) is 5.92 Å². The molecule has 0 aromatic carbocycles. The Kier molecular flexibility index (Phi) is 8.62. The van der Waals surface area contributed by atoms with Gasteiger partial charge in [-0.05, 0) is 37.4 Å². The predicted octanol–water partition coefficient (Wildman–Crippen LogP) is 1.70. The number of hydrogen-bond donors (Lipinski definition) is 2. The first-order chi connectivity index (χ1) is 10.3. The molecule has 0 spiro atoms. The molecule has 6 nitrogen and oxygen atoms in total. The van der Waals surface area contributed by atoms with Gasteiger partial charge in [-0.25, -0.2) is 4.98 Å². The van der Waals surface area contributed by atoms with Gasteiger partial charge in [0.1, 0.15) is 5.82 Å². The Hall–Kier alpha value is -1.08.